The molecular weight excluding hydrogens is 332 g/mol. The van der Waals surface area contributed by atoms with Crippen LogP contribution in [0.3, 0.4) is 0 Å². The molecule has 0 radical (unpaired) electrons. The summed E-state index contributed by atoms with van der Waals surface area (Å²) in [5, 5.41) is 7.66. The second-order valence-electron chi connectivity index (χ2n) is 4.44. The van der Waals surface area contributed by atoms with Gasteiger partial charge >= 0.3 is 12.4 Å². The molecule has 1 heterocycles. The van der Waals surface area contributed by atoms with E-state index in [-0.39, 0.29) is 11.8 Å². The van der Waals surface area contributed by atoms with Gasteiger partial charge in [-0.3, -0.25) is 0 Å². The monoisotopic (exact) mass is 341 g/mol. The van der Waals surface area contributed by atoms with Crippen LogP contribution in [-0.4, -0.2) is 15.0 Å². The van der Waals surface area contributed by atoms with E-state index in [9.17, 15) is 26.3 Å². The lowest BCUT2D eigenvalue weighted by atomic mass is 10.1. The molecule has 0 aliphatic carbocycles. The summed E-state index contributed by atoms with van der Waals surface area (Å²) in [6, 6.07) is 1.19. The summed E-state index contributed by atoms with van der Waals surface area (Å²) in [5.41, 5.74) is -2.51. The first kappa shape index (κ1) is 16.7. The van der Waals surface area contributed by atoms with Gasteiger partial charge in [-0.2, -0.15) is 54.0 Å². The highest BCUT2D eigenvalue weighted by Crippen LogP contribution is 2.36. The number of halogens is 6. The summed E-state index contributed by atoms with van der Waals surface area (Å²) in [6.07, 6.45) is -9.82. The molecule has 0 saturated heterocycles. The molecule has 1 aromatic carbocycles. The van der Waals surface area contributed by atoms with E-state index in [2.05, 4.69) is 22.8 Å². The lowest BCUT2D eigenvalue weighted by Gasteiger charge is -2.13. The van der Waals surface area contributed by atoms with Crippen molar-refractivity contribution in [2.75, 3.05) is 0 Å². The molecule has 1 aromatic heterocycles. The Bertz CT molecular complexity index is 657. The Morgan fingerprint density at radius 3 is 1.82 bits per heavy atom. The molecule has 0 atom stereocenters. The van der Waals surface area contributed by atoms with Gasteiger partial charge in [-0.25, -0.2) is 0 Å². The Kier molecular flexibility index (Phi) is 4.16. The van der Waals surface area contributed by atoms with Gasteiger partial charge in [-0.15, -0.1) is 0 Å². The fourth-order valence-corrected chi connectivity index (χ4v) is 2.02. The Labute approximate surface area is 126 Å². The van der Waals surface area contributed by atoms with Crippen molar-refractivity contribution in [3.63, 3.8) is 0 Å². The Morgan fingerprint density at radius 2 is 1.45 bits per heavy atom. The third-order valence-electron chi connectivity index (χ3n) is 2.83. The van der Waals surface area contributed by atoms with Gasteiger partial charge in [0.1, 0.15) is 0 Å². The lowest BCUT2D eigenvalue weighted by Crippen LogP contribution is -2.13. The van der Waals surface area contributed by atoms with Crippen LogP contribution in [0.25, 0.3) is 5.69 Å². The third-order valence-corrected chi connectivity index (χ3v) is 3.13. The Balaban J connectivity index is 2.64. The lowest BCUT2D eigenvalue weighted by molar-refractivity contribution is -0.143. The predicted molar refractivity (Wildman–Crippen MR) is 68.8 cm³/mol. The van der Waals surface area contributed by atoms with Crippen LogP contribution in [-0.2, 0) is 18.1 Å². The van der Waals surface area contributed by atoms with Crippen molar-refractivity contribution in [3.8, 4) is 5.69 Å². The van der Waals surface area contributed by atoms with Crippen molar-refractivity contribution in [1.82, 2.24) is 15.0 Å². The van der Waals surface area contributed by atoms with Crippen LogP contribution in [0, 0.1) is 6.92 Å². The second kappa shape index (κ2) is 5.49. The quantitative estimate of drug-likeness (QED) is 0.660. The van der Waals surface area contributed by atoms with Gasteiger partial charge in [0.2, 0.25) is 0 Å². The number of hydrogen-bond donors (Lipinski definition) is 1. The van der Waals surface area contributed by atoms with E-state index < -0.39 is 29.2 Å². The molecule has 0 amide bonds. The van der Waals surface area contributed by atoms with Crippen LogP contribution < -0.4 is 0 Å². The zero-order chi connectivity index (χ0) is 16.7. The molecule has 0 spiro atoms. The summed E-state index contributed by atoms with van der Waals surface area (Å²) >= 11 is 3.96. The van der Waals surface area contributed by atoms with Gasteiger partial charge in [0.05, 0.1) is 28.2 Å². The summed E-state index contributed by atoms with van der Waals surface area (Å²) in [7, 11) is 0. The zero-order valence-corrected chi connectivity index (χ0v) is 11.9. The van der Waals surface area contributed by atoms with Gasteiger partial charge in [0, 0.05) is 5.75 Å². The number of thiol groups is 1. The van der Waals surface area contributed by atoms with E-state index >= 15 is 0 Å². The molecule has 0 aliphatic rings. The standard InChI is InChI=1S/C12H9F6N3S/c1-6-10(5-22)20-21(19-6)9-3-7(11(13,14)15)2-8(4-9)12(16,17)18/h2-4,22H,5H2,1H3. The Hall–Kier alpha value is -1.71. The maximum absolute atomic E-state index is 12.8. The summed E-state index contributed by atoms with van der Waals surface area (Å²) in [6.45, 7) is 1.54. The van der Waals surface area contributed by atoms with E-state index in [1.54, 1.807) is 0 Å². The number of benzene rings is 1. The van der Waals surface area contributed by atoms with Crippen molar-refractivity contribution >= 4 is 12.6 Å². The smallest absolute Gasteiger partial charge is 0.173 e. The van der Waals surface area contributed by atoms with Crippen LogP contribution in [0.15, 0.2) is 18.2 Å². The van der Waals surface area contributed by atoms with E-state index in [0.717, 1.165) is 4.80 Å². The number of nitrogens with zero attached hydrogens (tertiary/aromatic N) is 3. The first-order chi connectivity index (χ1) is 10.0. The minimum atomic E-state index is -4.91. The van der Waals surface area contributed by atoms with Gasteiger partial charge in [0.25, 0.3) is 0 Å². The number of aryl methyl sites for hydroxylation is 1. The highest BCUT2D eigenvalue weighted by atomic mass is 32.1. The molecule has 2 rings (SSSR count). The number of rotatable bonds is 2. The molecule has 10 heteroatoms. The minimum Gasteiger partial charge on any atom is -0.173 e. The molecule has 0 unspecified atom stereocenters. The largest absolute Gasteiger partial charge is 0.416 e. The van der Waals surface area contributed by atoms with Crippen LogP contribution in [0.5, 0.6) is 0 Å². The van der Waals surface area contributed by atoms with Crippen LogP contribution in [0.2, 0.25) is 0 Å². The molecular formula is C12H9F6N3S. The van der Waals surface area contributed by atoms with Gasteiger partial charge in [0.15, 0.2) is 0 Å². The van der Waals surface area contributed by atoms with Gasteiger partial charge in [-0.1, -0.05) is 0 Å². The summed E-state index contributed by atoms with van der Waals surface area (Å²) in [4.78, 5) is 0.741. The summed E-state index contributed by atoms with van der Waals surface area (Å²) in [5.74, 6) is 0.164. The van der Waals surface area contributed by atoms with Crippen LogP contribution in [0.4, 0.5) is 26.3 Å². The van der Waals surface area contributed by atoms with E-state index in [1.807, 2.05) is 0 Å². The average molecular weight is 341 g/mol. The molecule has 3 nitrogen and oxygen atoms in total. The fourth-order valence-electron chi connectivity index (χ4n) is 1.72. The van der Waals surface area contributed by atoms with Crippen LogP contribution in [0.1, 0.15) is 22.5 Å². The number of hydrogen-bond acceptors (Lipinski definition) is 3. The van der Waals surface area contributed by atoms with Crippen molar-refractivity contribution in [2.24, 2.45) is 0 Å². The van der Waals surface area contributed by atoms with E-state index in [4.69, 9.17) is 0 Å². The van der Waals surface area contributed by atoms with Gasteiger partial charge < -0.3 is 0 Å². The zero-order valence-electron chi connectivity index (χ0n) is 11.0. The highest BCUT2D eigenvalue weighted by molar-refractivity contribution is 7.79. The predicted octanol–water partition coefficient (Wildman–Crippen LogP) is 4.04. The highest BCUT2D eigenvalue weighted by Gasteiger charge is 2.37. The van der Waals surface area contributed by atoms with Crippen molar-refractivity contribution in [2.45, 2.75) is 25.0 Å². The molecule has 0 saturated carbocycles. The molecule has 0 bridgehead atoms. The molecule has 0 N–H and O–H groups in total. The van der Waals surface area contributed by atoms with E-state index in [0.29, 0.717) is 23.5 Å². The third kappa shape index (κ3) is 3.37. The Morgan fingerprint density at radius 1 is 0.955 bits per heavy atom. The first-order valence-corrected chi connectivity index (χ1v) is 6.49. The number of alkyl halides is 6. The van der Waals surface area contributed by atoms with E-state index in [1.165, 1.54) is 6.92 Å². The van der Waals surface area contributed by atoms with Crippen molar-refractivity contribution in [3.05, 3.63) is 40.7 Å². The topological polar surface area (TPSA) is 30.7 Å². The fraction of sp³-hybridized carbons (Fsp3) is 0.333. The SMILES string of the molecule is Cc1nn(-c2cc(C(F)(F)F)cc(C(F)(F)F)c2)nc1CS. The van der Waals surface area contributed by atoms with Crippen molar-refractivity contribution in [1.29, 1.82) is 0 Å². The molecule has 120 valence electrons. The average Bonchev–Trinajstić information content (AvgIpc) is 2.77. The normalized spacial score (nSPS) is 12.7. The molecule has 0 aliphatic heterocycles. The second-order valence-corrected chi connectivity index (χ2v) is 4.76. The number of aromatic nitrogens is 3. The molecule has 2 aromatic rings. The van der Waals surface area contributed by atoms with Crippen LogP contribution >= 0.6 is 12.6 Å². The van der Waals surface area contributed by atoms with Gasteiger partial charge in [-0.05, 0) is 25.1 Å². The molecule has 22 heavy (non-hydrogen) atoms. The maximum Gasteiger partial charge on any atom is 0.416 e. The minimum absolute atomic E-state index is 0.0549. The van der Waals surface area contributed by atoms with Crippen molar-refractivity contribution < 1.29 is 26.3 Å². The summed E-state index contributed by atoms with van der Waals surface area (Å²) < 4.78 is 76.6. The molecule has 0 fully saturated rings. The first-order valence-electron chi connectivity index (χ1n) is 5.86. The maximum atomic E-state index is 12.8.